The Balaban J connectivity index is 1.68. The molecule has 1 aliphatic heterocycles. The van der Waals surface area contributed by atoms with Crippen molar-refractivity contribution in [2.45, 2.75) is 6.42 Å². The number of aromatic nitrogens is 2. The number of hydrogen-bond donors (Lipinski definition) is 1. The van der Waals surface area contributed by atoms with Crippen LogP contribution in [0, 0.1) is 0 Å². The van der Waals surface area contributed by atoms with Gasteiger partial charge in [0.1, 0.15) is 16.6 Å². The molecule has 0 spiro atoms. The van der Waals surface area contributed by atoms with E-state index in [0.29, 0.717) is 29.5 Å². The van der Waals surface area contributed by atoms with Crippen LogP contribution in [0.4, 0.5) is 0 Å². The molecular weight excluding hydrogens is 358 g/mol. The lowest BCUT2D eigenvalue weighted by atomic mass is 10.1. The van der Waals surface area contributed by atoms with Crippen LogP contribution in [0.25, 0.3) is 21.3 Å². The van der Waals surface area contributed by atoms with Crippen LogP contribution in [0.15, 0.2) is 47.7 Å². The molecule has 0 fully saturated rings. The molecule has 1 amide bonds. The van der Waals surface area contributed by atoms with Gasteiger partial charge in [-0.25, -0.2) is 9.97 Å². The summed E-state index contributed by atoms with van der Waals surface area (Å²) in [7, 11) is 0. The first-order valence-corrected chi connectivity index (χ1v) is 9.07. The zero-order chi connectivity index (χ0) is 17.2. The number of nitrogens with one attached hydrogen (secondary N) is 1. The van der Waals surface area contributed by atoms with Crippen molar-refractivity contribution in [3.8, 4) is 10.4 Å². The second-order valence-corrected chi connectivity index (χ2v) is 6.83. The Hall–Kier alpha value is -2.44. The van der Waals surface area contributed by atoms with Gasteiger partial charge in [-0.2, -0.15) is 0 Å². The fourth-order valence-electron chi connectivity index (χ4n) is 2.67. The highest BCUT2D eigenvalue weighted by Crippen LogP contribution is 2.32. The molecule has 3 aromatic heterocycles. The third-order valence-corrected chi connectivity index (χ3v) is 5.10. The molecule has 1 N–H and O–H groups in total. The molecule has 0 bridgehead atoms. The van der Waals surface area contributed by atoms with Crippen molar-refractivity contribution >= 4 is 39.7 Å². The average molecular weight is 372 g/mol. The lowest BCUT2D eigenvalue weighted by molar-refractivity contribution is 0.0944. The van der Waals surface area contributed by atoms with Gasteiger partial charge in [0.05, 0.1) is 18.7 Å². The van der Waals surface area contributed by atoms with E-state index < -0.39 is 0 Å². The van der Waals surface area contributed by atoms with E-state index in [9.17, 15) is 4.79 Å². The SMILES string of the molecule is O=C(NCC1=CCCO1)c1ccc2c(Cl)ncc(-c3cccs3)c2n1. The van der Waals surface area contributed by atoms with E-state index in [1.54, 1.807) is 29.7 Å². The van der Waals surface area contributed by atoms with Gasteiger partial charge in [0, 0.05) is 28.4 Å². The summed E-state index contributed by atoms with van der Waals surface area (Å²) in [4.78, 5) is 22.2. The van der Waals surface area contributed by atoms with E-state index in [1.807, 2.05) is 23.6 Å². The molecule has 0 unspecified atom stereocenters. The number of halogens is 1. The summed E-state index contributed by atoms with van der Waals surface area (Å²) in [6.07, 6.45) is 4.56. The van der Waals surface area contributed by atoms with Gasteiger partial charge in [0.15, 0.2) is 0 Å². The van der Waals surface area contributed by atoms with Crippen LogP contribution in [0.5, 0.6) is 0 Å². The van der Waals surface area contributed by atoms with E-state index in [0.717, 1.165) is 28.0 Å². The number of carbonyl (C=O) groups is 1. The maximum atomic E-state index is 12.4. The molecule has 1 aliphatic rings. The number of pyridine rings is 2. The lowest BCUT2D eigenvalue weighted by Gasteiger charge is -2.09. The summed E-state index contributed by atoms with van der Waals surface area (Å²) < 4.78 is 5.39. The summed E-state index contributed by atoms with van der Waals surface area (Å²) in [5.74, 6) is 0.545. The molecule has 7 heteroatoms. The van der Waals surface area contributed by atoms with Crippen molar-refractivity contribution in [1.82, 2.24) is 15.3 Å². The minimum atomic E-state index is -0.247. The minimum absolute atomic E-state index is 0.247. The van der Waals surface area contributed by atoms with Crippen molar-refractivity contribution < 1.29 is 9.53 Å². The fraction of sp³-hybridized carbons (Fsp3) is 0.167. The number of fused-ring (bicyclic) bond motifs is 1. The second kappa shape index (κ2) is 6.82. The van der Waals surface area contributed by atoms with Gasteiger partial charge in [-0.15, -0.1) is 11.3 Å². The van der Waals surface area contributed by atoms with Gasteiger partial charge in [-0.1, -0.05) is 17.7 Å². The molecule has 25 heavy (non-hydrogen) atoms. The van der Waals surface area contributed by atoms with Crippen LogP contribution in [-0.4, -0.2) is 29.0 Å². The van der Waals surface area contributed by atoms with Crippen LogP contribution in [-0.2, 0) is 4.74 Å². The van der Waals surface area contributed by atoms with Crippen molar-refractivity contribution in [2.75, 3.05) is 13.2 Å². The number of rotatable bonds is 4. The van der Waals surface area contributed by atoms with E-state index in [-0.39, 0.29) is 5.91 Å². The van der Waals surface area contributed by atoms with Crippen molar-refractivity contribution in [2.24, 2.45) is 0 Å². The monoisotopic (exact) mass is 371 g/mol. The Kier molecular flexibility index (Phi) is 4.38. The van der Waals surface area contributed by atoms with Gasteiger partial charge in [0.25, 0.3) is 5.91 Å². The van der Waals surface area contributed by atoms with E-state index in [1.165, 1.54) is 0 Å². The van der Waals surface area contributed by atoms with Crippen LogP contribution in [0.1, 0.15) is 16.9 Å². The maximum Gasteiger partial charge on any atom is 0.270 e. The van der Waals surface area contributed by atoms with Crippen LogP contribution in [0.3, 0.4) is 0 Å². The molecule has 3 aromatic rings. The highest BCUT2D eigenvalue weighted by molar-refractivity contribution is 7.13. The first-order chi connectivity index (χ1) is 12.2. The molecular formula is C18H14ClN3O2S. The molecule has 4 heterocycles. The first kappa shape index (κ1) is 16.1. The smallest absolute Gasteiger partial charge is 0.270 e. The molecule has 0 atom stereocenters. The number of nitrogens with zero attached hydrogens (tertiary/aromatic N) is 2. The topological polar surface area (TPSA) is 64.1 Å². The molecule has 5 nitrogen and oxygen atoms in total. The summed E-state index contributed by atoms with van der Waals surface area (Å²) in [6.45, 7) is 1.04. The average Bonchev–Trinajstić information content (AvgIpc) is 3.33. The molecule has 0 aliphatic carbocycles. The predicted molar refractivity (Wildman–Crippen MR) is 98.8 cm³/mol. The Labute approximate surface area is 153 Å². The van der Waals surface area contributed by atoms with Crippen LogP contribution >= 0.6 is 22.9 Å². The number of amides is 1. The predicted octanol–water partition coefficient (Wildman–Crippen LogP) is 4.05. The van der Waals surface area contributed by atoms with Crippen molar-refractivity contribution in [3.05, 3.63) is 58.5 Å². The van der Waals surface area contributed by atoms with E-state index >= 15 is 0 Å². The zero-order valence-electron chi connectivity index (χ0n) is 13.2. The van der Waals surface area contributed by atoms with Crippen molar-refractivity contribution in [1.29, 1.82) is 0 Å². The highest BCUT2D eigenvalue weighted by atomic mass is 35.5. The second-order valence-electron chi connectivity index (χ2n) is 5.52. The number of carbonyl (C=O) groups excluding carboxylic acids is 1. The number of thiophene rings is 1. The zero-order valence-corrected chi connectivity index (χ0v) is 14.7. The summed E-state index contributed by atoms with van der Waals surface area (Å²) >= 11 is 7.79. The van der Waals surface area contributed by atoms with Crippen LogP contribution < -0.4 is 5.32 Å². The van der Waals surface area contributed by atoms with Gasteiger partial charge >= 0.3 is 0 Å². The highest BCUT2D eigenvalue weighted by Gasteiger charge is 2.15. The summed E-state index contributed by atoms with van der Waals surface area (Å²) in [5, 5.41) is 5.92. The molecule has 4 rings (SSSR count). The maximum absolute atomic E-state index is 12.4. The molecule has 126 valence electrons. The quantitative estimate of drug-likeness (QED) is 0.703. The van der Waals surface area contributed by atoms with E-state index in [2.05, 4.69) is 15.3 Å². The first-order valence-electron chi connectivity index (χ1n) is 7.81. The Bertz CT molecular complexity index is 970. The van der Waals surface area contributed by atoms with Crippen molar-refractivity contribution in [3.63, 3.8) is 0 Å². The van der Waals surface area contributed by atoms with Gasteiger partial charge in [-0.3, -0.25) is 4.79 Å². The van der Waals surface area contributed by atoms with Crippen LogP contribution in [0.2, 0.25) is 5.15 Å². The lowest BCUT2D eigenvalue weighted by Crippen LogP contribution is -2.26. The normalized spacial score (nSPS) is 13.6. The number of hydrogen-bond acceptors (Lipinski definition) is 5. The molecule has 0 saturated heterocycles. The Morgan fingerprint density at radius 2 is 2.28 bits per heavy atom. The third kappa shape index (κ3) is 3.23. The molecule has 0 aromatic carbocycles. The Morgan fingerprint density at radius 1 is 1.36 bits per heavy atom. The molecule has 0 saturated carbocycles. The summed E-state index contributed by atoms with van der Waals surface area (Å²) in [6, 6.07) is 7.40. The largest absolute Gasteiger partial charge is 0.496 e. The van der Waals surface area contributed by atoms with Gasteiger partial charge in [0.2, 0.25) is 0 Å². The number of ether oxygens (including phenoxy) is 1. The molecule has 0 radical (unpaired) electrons. The fourth-order valence-corrected chi connectivity index (χ4v) is 3.61. The third-order valence-electron chi connectivity index (χ3n) is 3.90. The van der Waals surface area contributed by atoms with Gasteiger partial charge in [-0.05, 0) is 29.7 Å². The summed E-state index contributed by atoms with van der Waals surface area (Å²) in [5.41, 5.74) is 1.88. The standard InChI is InChI=1S/C18H14ClN3O2S/c19-17-12-5-6-14(18(23)21-9-11-3-1-7-24-11)22-16(12)13(10-20-17)15-4-2-8-25-15/h2-6,8,10H,1,7,9H2,(H,21,23). The Morgan fingerprint density at radius 3 is 3.04 bits per heavy atom. The van der Waals surface area contributed by atoms with E-state index in [4.69, 9.17) is 16.3 Å². The van der Waals surface area contributed by atoms with Gasteiger partial charge < -0.3 is 10.1 Å². The minimum Gasteiger partial charge on any atom is -0.496 e.